The summed E-state index contributed by atoms with van der Waals surface area (Å²) in [6, 6.07) is 15.9. The predicted molar refractivity (Wildman–Crippen MR) is 163 cm³/mol. The summed E-state index contributed by atoms with van der Waals surface area (Å²) in [5.41, 5.74) is 1.30. The van der Waals surface area contributed by atoms with Crippen molar-refractivity contribution in [1.29, 1.82) is 0 Å². The van der Waals surface area contributed by atoms with Crippen molar-refractivity contribution in [3.63, 3.8) is 0 Å². The second-order valence-electron chi connectivity index (χ2n) is 12.5. The molecule has 0 aliphatic carbocycles. The van der Waals surface area contributed by atoms with Gasteiger partial charge in [0.2, 0.25) is 11.9 Å². The lowest BCUT2D eigenvalue weighted by atomic mass is 9.79. The molecule has 1 aliphatic rings. The van der Waals surface area contributed by atoms with Crippen molar-refractivity contribution in [2.75, 3.05) is 29.9 Å². The van der Waals surface area contributed by atoms with Gasteiger partial charge in [0.05, 0.1) is 17.6 Å². The van der Waals surface area contributed by atoms with Crippen molar-refractivity contribution < 1.29 is 13.9 Å². The van der Waals surface area contributed by atoms with Crippen molar-refractivity contribution in [2.24, 2.45) is 5.41 Å². The minimum atomic E-state index is -0.806. The molecule has 0 unspecified atom stereocenters. The smallest absolute Gasteiger partial charge is 0.424 e. The number of carbonyl (C=O) groups excluding carboxylic acids is 1. The summed E-state index contributed by atoms with van der Waals surface area (Å²) in [7, 11) is 1.87. The lowest BCUT2D eigenvalue weighted by Crippen LogP contribution is -2.48. The van der Waals surface area contributed by atoms with Crippen molar-refractivity contribution in [1.82, 2.24) is 19.1 Å². The van der Waals surface area contributed by atoms with E-state index in [4.69, 9.17) is 9.72 Å². The van der Waals surface area contributed by atoms with Gasteiger partial charge in [0.1, 0.15) is 11.4 Å². The van der Waals surface area contributed by atoms with Crippen LogP contribution in [0.4, 0.5) is 21.1 Å². The van der Waals surface area contributed by atoms with Crippen LogP contribution >= 0.6 is 0 Å². The second-order valence-corrected chi connectivity index (χ2v) is 12.5. The molecule has 1 saturated heterocycles. The molecule has 0 saturated carbocycles. The Kier molecular flexibility index (Phi) is 7.83. The molecule has 1 aliphatic heterocycles. The molecule has 42 heavy (non-hydrogen) atoms. The Morgan fingerprint density at radius 1 is 1.02 bits per heavy atom. The van der Waals surface area contributed by atoms with Crippen molar-refractivity contribution in [2.45, 2.75) is 65.6 Å². The Morgan fingerprint density at radius 3 is 2.36 bits per heavy atom. The molecule has 0 radical (unpaired) electrons. The molecule has 0 N–H and O–H groups in total. The van der Waals surface area contributed by atoms with E-state index in [1.807, 2.05) is 64.8 Å². The predicted octanol–water partition coefficient (Wildman–Crippen LogP) is 5.70. The highest BCUT2D eigenvalue weighted by atomic mass is 19.1. The van der Waals surface area contributed by atoms with E-state index in [-0.39, 0.29) is 23.2 Å². The number of imidazole rings is 1. The average Bonchev–Trinajstić information content (AvgIpc) is 3.31. The van der Waals surface area contributed by atoms with Crippen LogP contribution in [0.3, 0.4) is 0 Å². The Hall–Kier alpha value is -4.21. The number of halogens is 1. The van der Waals surface area contributed by atoms with Crippen LogP contribution in [0, 0.1) is 11.2 Å². The lowest BCUT2D eigenvalue weighted by molar-refractivity contribution is -0.0391. The van der Waals surface area contributed by atoms with Crippen LogP contribution in [0.5, 0.6) is 0 Å². The maximum atomic E-state index is 13.5. The Balaban J connectivity index is 1.36. The van der Waals surface area contributed by atoms with Gasteiger partial charge in [-0.05, 0) is 56.5 Å². The van der Waals surface area contributed by atoms with E-state index in [1.165, 1.54) is 24.4 Å². The maximum absolute atomic E-state index is 13.5. The molecule has 2 aromatic carbocycles. The number of benzene rings is 2. The quantitative estimate of drug-likeness (QED) is 0.292. The topological polar surface area (TPSA) is 85.5 Å². The van der Waals surface area contributed by atoms with Gasteiger partial charge in [-0.25, -0.2) is 19.2 Å². The van der Waals surface area contributed by atoms with Gasteiger partial charge in [-0.2, -0.15) is 4.57 Å². The summed E-state index contributed by atoms with van der Waals surface area (Å²) in [6.07, 6.45) is 2.23. The van der Waals surface area contributed by atoms with Crippen LogP contribution in [-0.2, 0) is 11.3 Å². The third-order valence-electron chi connectivity index (χ3n) is 8.66. The fraction of sp³-hybridized carbons (Fsp3) is 0.438. The highest BCUT2D eigenvalue weighted by Gasteiger charge is 2.38. The minimum absolute atomic E-state index is 0.0418. The van der Waals surface area contributed by atoms with Gasteiger partial charge in [0, 0.05) is 43.9 Å². The lowest BCUT2D eigenvalue weighted by Gasteiger charge is -2.39. The average molecular weight is 575 g/mol. The molecule has 3 heterocycles. The molecule has 10 heteroatoms. The second kappa shape index (κ2) is 11.2. The number of anilines is 2. The largest absolute Gasteiger partial charge is 0.442 e. The molecule has 222 valence electrons. The number of fused-ring (bicyclic) bond motifs is 1. The van der Waals surface area contributed by atoms with Crippen LogP contribution in [0.2, 0.25) is 0 Å². The van der Waals surface area contributed by atoms with Crippen molar-refractivity contribution >= 4 is 29.0 Å². The van der Waals surface area contributed by atoms with Gasteiger partial charge in [-0.1, -0.05) is 45.0 Å². The number of aromatic nitrogens is 4. The number of nitrogens with zero attached hydrogens (tertiary/aromatic N) is 6. The van der Waals surface area contributed by atoms with Crippen LogP contribution in [0.1, 0.15) is 53.0 Å². The molecule has 9 nitrogen and oxygen atoms in total. The number of para-hydroxylation sites is 2. The van der Waals surface area contributed by atoms with E-state index in [0.29, 0.717) is 6.54 Å². The molecule has 0 atom stereocenters. The summed E-state index contributed by atoms with van der Waals surface area (Å²) in [4.78, 5) is 39.8. The summed E-state index contributed by atoms with van der Waals surface area (Å²) in [5, 5.41) is 0. The number of hydrogen-bond acceptors (Lipinski definition) is 7. The van der Waals surface area contributed by atoms with E-state index >= 15 is 0 Å². The number of rotatable bonds is 6. The van der Waals surface area contributed by atoms with Gasteiger partial charge < -0.3 is 19.1 Å². The Morgan fingerprint density at radius 2 is 1.69 bits per heavy atom. The molecule has 5 rings (SSSR count). The Labute approximate surface area is 245 Å². The zero-order valence-corrected chi connectivity index (χ0v) is 25.2. The SMILES string of the molecule is CN(c1nccc(=O)n1C(=O)OC(C)(C)C(C)(C)C)C1CCN(c2nc3ccccc3n2Cc2ccc(F)cc2)CC1. The summed E-state index contributed by atoms with van der Waals surface area (Å²) >= 11 is 0. The fourth-order valence-electron chi connectivity index (χ4n) is 5.08. The molecule has 0 spiro atoms. The highest BCUT2D eigenvalue weighted by Crippen LogP contribution is 2.34. The van der Waals surface area contributed by atoms with E-state index in [9.17, 15) is 14.0 Å². The first-order valence-corrected chi connectivity index (χ1v) is 14.3. The standard InChI is InChI=1S/C32H39FN6O3/c1-31(2,3)32(4,5)42-30(41)39-27(40)15-18-34-28(39)36(6)24-16-19-37(20-17-24)29-35-25-9-7-8-10-26(25)38(29)21-22-11-13-23(33)14-12-22/h7-15,18,24H,16-17,19-21H2,1-6H3. The van der Waals surface area contributed by atoms with Crippen LogP contribution in [0.25, 0.3) is 11.0 Å². The van der Waals surface area contributed by atoms with Gasteiger partial charge in [0.15, 0.2) is 0 Å². The molecular formula is C32H39FN6O3. The number of carbonyl (C=O) groups is 1. The van der Waals surface area contributed by atoms with Gasteiger partial charge >= 0.3 is 6.09 Å². The number of ether oxygens (including phenoxy) is 1. The van der Waals surface area contributed by atoms with E-state index in [2.05, 4.69) is 20.5 Å². The molecule has 1 fully saturated rings. The normalized spacial score (nSPS) is 14.8. The zero-order chi connectivity index (χ0) is 30.2. The first-order chi connectivity index (χ1) is 19.9. The molecule has 0 amide bonds. The van der Waals surface area contributed by atoms with Gasteiger partial charge in [-0.3, -0.25) is 4.79 Å². The summed E-state index contributed by atoms with van der Waals surface area (Å²) < 4.78 is 22.6. The van der Waals surface area contributed by atoms with Gasteiger partial charge in [-0.15, -0.1) is 0 Å². The van der Waals surface area contributed by atoms with E-state index in [0.717, 1.165) is 53.0 Å². The molecule has 4 aromatic rings. The third-order valence-corrected chi connectivity index (χ3v) is 8.66. The first-order valence-electron chi connectivity index (χ1n) is 14.3. The monoisotopic (exact) mass is 574 g/mol. The molecule has 0 bridgehead atoms. The minimum Gasteiger partial charge on any atom is -0.442 e. The third kappa shape index (κ3) is 5.75. The molecular weight excluding hydrogens is 535 g/mol. The van der Waals surface area contributed by atoms with Crippen molar-refractivity contribution in [3.05, 3.63) is 82.5 Å². The summed E-state index contributed by atoms with van der Waals surface area (Å²) in [5.74, 6) is 0.869. The maximum Gasteiger partial charge on any atom is 0.424 e. The number of hydrogen-bond donors (Lipinski definition) is 0. The van der Waals surface area contributed by atoms with Crippen LogP contribution in [0.15, 0.2) is 65.6 Å². The number of piperidine rings is 1. The zero-order valence-electron chi connectivity index (χ0n) is 25.2. The van der Waals surface area contributed by atoms with Crippen molar-refractivity contribution in [3.8, 4) is 0 Å². The van der Waals surface area contributed by atoms with Gasteiger partial charge in [0.25, 0.3) is 5.56 Å². The van der Waals surface area contributed by atoms with Crippen LogP contribution < -0.4 is 15.4 Å². The van der Waals surface area contributed by atoms with E-state index in [1.54, 1.807) is 12.1 Å². The van der Waals surface area contributed by atoms with E-state index < -0.39 is 17.3 Å². The summed E-state index contributed by atoms with van der Waals surface area (Å²) in [6.45, 7) is 11.7. The molecule has 2 aromatic heterocycles. The first kappa shape index (κ1) is 29.3. The highest BCUT2D eigenvalue weighted by molar-refractivity contribution is 5.79. The fourth-order valence-corrected chi connectivity index (χ4v) is 5.08. The van der Waals surface area contributed by atoms with Crippen LogP contribution in [-0.4, -0.2) is 57.0 Å². The Bertz CT molecular complexity index is 1630.